The van der Waals surface area contributed by atoms with E-state index < -0.39 is 0 Å². The second-order valence-electron chi connectivity index (χ2n) is 4.60. The van der Waals surface area contributed by atoms with Crippen LogP contribution in [-0.4, -0.2) is 28.8 Å². The number of benzene rings is 1. The molecule has 1 amide bonds. The van der Waals surface area contributed by atoms with Gasteiger partial charge in [-0.25, -0.2) is 0 Å². The van der Waals surface area contributed by atoms with Gasteiger partial charge in [0.1, 0.15) is 6.10 Å². The number of ether oxygens (including phenoxy) is 1. The van der Waals surface area contributed by atoms with Crippen molar-refractivity contribution in [1.29, 1.82) is 0 Å². The molecule has 1 fully saturated rings. The zero-order chi connectivity index (χ0) is 13.8. The molecule has 1 saturated heterocycles. The molecule has 2 aromatic rings. The number of aromatic nitrogens is 2. The highest BCUT2D eigenvalue weighted by molar-refractivity contribution is 5.80. The fourth-order valence-electron chi connectivity index (χ4n) is 2.09. The first kappa shape index (κ1) is 12.8. The van der Waals surface area contributed by atoms with Crippen LogP contribution in [-0.2, 0) is 16.1 Å². The number of nitrogens with zero attached hydrogens (tertiary/aromatic N) is 2. The zero-order valence-electron chi connectivity index (χ0n) is 10.9. The van der Waals surface area contributed by atoms with E-state index in [1.807, 2.05) is 30.3 Å². The molecule has 6 nitrogen and oxygen atoms in total. The van der Waals surface area contributed by atoms with Crippen LogP contribution in [0.4, 0.5) is 0 Å². The molecule has 1 aromatic carbocycles. The van der Waals surface area contributed by atoms with Gasteiger partial charge in [-0.15, -0.1) is 0 Å². The summed E-state index contributed by atoms with van der Waals surface area (Å²) in [6.07, 6.45) is 1.36. The zero-order valence-corrected chi connectivity index (χ0v) is 10.9. The van der Waals surface area contributed by atoms with Gasteiger partial charge in [-0.2, -0.15) is 4.98 Å². The van der Waals surface area contributed by atoms with Crippen LogP contribution in [0, 0.1) is 0 Å². The summed E-state index contributed by atoms with van der Waals surface area (Å²) in [7, 11) is 0. The molecule has 1 aliphatic rings. The first-order valence-electron chi connectivity index (χ1n) is 6.60. The number of amides is 1. The van der Waals surface area contributed by atoms with Crippen molar-refractivity contribution >= 4 is 5.91 Å². The Kier molecular flexibility index (Phi) is 3.73. The predicted octanol–water partition coefficient (Wildman–Crippen LogP) is 1.53. The summed E-state index contributed by atoms with van der Waals surface area (Å²) in [5.41, 5.74) is 0.858. The van der Waals surface area contributed by atoms with Gasteiger partial charge in [0.15, 0.2) is 5.82 Å². The molecule has 1 atom stereocenters. The van der Waals surface area contributed by atoms with E-state index in [0.29, 0.717) is 18.3 Å². The Morgan fingerprint density at radius 1 is 1.35 bits per heavy atom. The molecule has 0 aliphatic carbocycles. The van der Waals surface area contributed by atoms with E-state index in [1.54, 1.807) is 0 Å². The van der Waals surface area contributed by atoms with E-state index in [0.717, 1.165) is 18.4 Å². The number of rotatable bonds is 4. The molecular formula is C14H15N3O3. The van der Waals surface area contributed by atoms with Gasteiger partial charge in [-0.05, 0) is 25.0 Å². The maximum absolute atomic E-state index is 11.8. The largest absolute Gasteiger partial charge is 0.368 e. The third kappa shape index (κ3) is 2.85. The van der Waals surface area contributed by atoms with E-state index >= 15 is 0 Å². The standard InChI is InChI=1S/C14H15N3O3/c18-13(11-7-4-8-19-11)15-9-12-16-14(20-17-12)10-5-2-1-3-6-10/h1-3,5-6,11H,4,7-9H2,(H,15,18). The first-order chi connectivity index (χ1) is 9.83. The van der Waals surface area contributed by atoms with Crippen LogP contribution in [0.25, 0.3) is 11.5 Å². The fraction of sp³-hybridized carbons (Fsp3) is 0.357. The SMILES string of the molecule is O=C(NCc1noc(-c2ccccc2)n1)C1CCCO1. The van der Waals surface area contributed by atoms with Crippen LogP contribution in [0.15, 0.2) is 34.9 Å². The van der Waals surface area contributed by atoms with Gasteiger partial charge in [0, 0.05) is 12.2 Å². The normalized spacial score (nSPS) is 18.1. The Balaban J connectivity index is 1.59. The van der Waals surface area contributed by atoms with E-state index in [9.17, 15) is 4.79 Å². The highest BCUT2D eigenvalue weighted by Crippen LogP contribution is 2.16. The Morgan fingerprint density at radius 2 is 2.20 bits per heavy atom. The Morgan fingerprint density at radius 3 is 2.95 bits per heavy atom. The number of hydrogen-bond donors (Lipinski definition) is 1. The third-order valence-corrected chi connectivity index (χ3v) is 3.13. The summed E-state index contributed by atoms with van der Waals surface area (Å²) in [6.45, 7) is 0.896. The molecule has 6 heteroatoms. The van der Waals surface area contributed by atoms with Gasteiger partial charge in [-0.1, -0.05) is 23.4 Å². The molecule has 2 heterocycles. The lowest BCUT2D eigenvalue weighted by atomic mass is 10.2. The van der Waals surface area contributed by atoms with Gasteiger partial charge in [0.05, 0.1) is 6.54 Å². The Bertz CT molecular complexity index is 576. The van der Waals surface area contributed by atoms with Crippen molar-refractivity contribution in [1.82, 2.24) is 15.5 Å². The van der Waals surface area contributed by atoms with Gasteiger partial charge in [0.25, 0.3) is 5.89 Å². The van der Waals surface area contributed by atoms with Crippen molar-refractivity contribution in [2.45, 2.75) is 25.5 Å². The quantitative estimate of drug-likeness (QED) is 0.914. The summed E-state index contributed by atoms with van der Waals surface area (Å²) < 4.78 is 10.5. The highest BCUT2D eigenvalue weighted by atomic mass is 16.5. The molecular weight excluding hydrogens is 258 g/mol. The number of hydrogen-bond acceptors (Lipinski definition) is 5. The maximum Gasteiger partial charge on any atom is 0.257 e. The van der Waals surface area contributed by atoms with Gasteiger partial charge < -0.3 is 14.6 Å². The average molecular weight is 273 g/mol. The van der Waals surface area contributed by atoms with E-state index in [4.69, 9.17) is 9.26 Å². The molecule has 0 spiro atoms. The van der Waals surface area contributed by atoms with Crippen molar-refractivity contribution in [3.8, 4) is 11.5 Å². The van der Waals surface area contributed by atoms with Crippen molar-refractivity contribution in [2.75, 3.05) is 6.61 Å². The summed E-state index contributed by atoms with van der Waals surface area (Å²) in [6, 6.07) is 9.50. The van der Waals surface area contributed by atoms with Crippen molar-refractivity contribution in [3.63, 3.8) is 0 Å². The lowest BCUT2D eigenvalue weighted by molar-refractivity contribution is -0.130. The topological polar surface area (TPSA) is 77.3 Å². The predicted molar refractivity (Wildman–Crippen MR) is 70.6 cm³/mol. The molecule has 3 rings (SSSR count). The molecule has 0 bridgehead atoms. The number of carbonyl (C=O) groups is 1. The van der Waals surface area contributed by atoms with Crippen molar-refractivity contribution < 1.29 is 14.1 Å². The smallest absolute Gasteiger partial charge is 0.257 e. The van der Waals surface area contributed by atoms with Gasteiger partial charge >= 0.3 is 0 Å². The summed E-state index contributed by atoms with van der Waals surface area (Å²) in [5.74, 6) is 0.788. The number of carbonyl (C=O) groups excluding carboxylic acids is 1. The monoisotopic (exact) mass is 273 g/mol. The molecule has 0 radical (unpaired) electrons. The lowest BCUT2D eigenvalue weighted by Gasteiger charge is -2.08. The van der Waals surface area contributed by atoms with Crippen LogP contribution >= 0.6 is 0 Å². The van der Waals surface area contributed by atoms with Crippen LogP contribution in [0.5, 0.6) is 0 Å². The van der Waals surface area contributed by atoms with E-state index in [-0.39, 0.29) is 18.6 Å². The second kappa shape index (κ2) is 5.83. The van der Waals surface area contributed by atoms with Crippen LogP contribution in [0.1, 0.15) is 18.7 Å². The van der Waals surface area contributed by atoms with Gasteiger partial charge in [0.2, 0.25) is 5.91 Å². The molecule has 1 aromatic heterocycles. The second-order valence-corrected chi connectivity index (χ2v) is 4.60. The van der Waals surface area contributed by atoms with Crippen molar-refractivity contribution in [2.24, 2.45) is 0 Å². The minimum Gasteiger partial charge on any atom is -0.368 e. The van der Waals surface area contributed by atoms with Crippen LogP contribution in [0.3, 0.4) is 0 Å². The average Bonchev–Trinajstić information content (AvgIpc) is 3.17. The number of nitrogens with one attached hydrogen (secondary N) is 1. The van der Waals surface area contributed by atoms with Crippen LogP contribution in [0.2, 0.25) is 0 Å². The summed E-state index contributed by atoms with van der Waals surface area (Å²) in [5, 5.41) is 6.61. The van der Waals surface area contributed by atoms with E-state index in [1.165, 1.54) is 0 Å². The maximum atomic E-state index is 11.8. The molecule has 104 valence electrons. The molecule has 1 unspecified atom stereocenters. The summed E-state index contributed by atoms with van der Waals surface area (Å²) >= 11 is 0. The minimum absolute atomic E-state index is 0.117. The lowest BCUT2D eigenvalue weighted by Crippen LogP contribution is -2.33. The molecule has 0 saturated carbocycles. The molecule has 1 N–H and O–H groups in total. The van der Waals surface area contributed by atoms with Crippen LogP contribution < -0.4 is 5.32 Å². The highest BCUT2D eigenvalue weighted by Gasteiger charge is 2.23. The molecule has 20 heavy (non-hydrogen) atoms. The first-order valence-corrected chi connectivity index (χ1v) is 6.60. The third-order valence-electron chi connectivity index (χ3n) is 3.13. The minimum atomic E-state index is -0.338. The molecule has 1 aliphatic heterocycles. The Hall–Kier alpha value is -2.21. The summed E-state index contributed by atoms with van der Waals surface area (Å²) in [4.78, 5) is 16.0. The van der Waals surface area contributed by atoms with E-state index in [2.05, 4.69) is 15.5 Å². The Labute approximate surface area is 116 Å². The van der Waals surface area contributed by atoms with Gasteiger partial charge in [-0.3, -0.25) is 4.79 Å². The van der Waals surface area contributed by atoms with Crippen molar-refractivity contribution in [3.05, 3.63) is 36.2 Å². The fourth-order valence-corrected chi connectivity index (χ4v) is 2.09.